The molecule has 3 aliphatic rings. The molecule has 0 bridgehead atoms. The minimum atomic E-state index is -4.71. The Bertz CT molecular complexity index is 1520. The lowest BCUT2D eigenvalue weighted by Gasteiger charge is -2.37. The molecule has 2 saturated heterocycles. The van der Waals surface area contributed by atoms with E-state index in [1.807, 2.05) is 24.0 Å². The van der Waals surface area contributed by atoms with Crippen LogP contribution in [-0.2, 0) is 22.9 Å². The third-order valence-electron chi connectivity index (χ3n) is 8.76. The molecular formula is C30H26F3N3O4. The standard InChI is InChI=1S/C30H26F3N3O4/c1-2-17-8-10-19(11-9-17)27(37)25-24(18-12-14-20(15-13-18)36(39)40)23-7-4-16-35(23)29(25)21-5-3-6-22(30(31,32)33)26(21)34-28(29)38/h3,5-6,8-15,23-25H,2,4,7,16H2,1H3,(H,34,38)/t23?,24?,25?,29-/m1/s1. The fourth-order valence-corrected chi connectivity index (χ4v) is 7.10. The van der Waals surface area contributed by atoms with Crippen LogP contribution in [0.3, 0.4) is 0 Å². The van der Waals surface area contributed by atoms with Crippen LogP contribution in [0.2, 0.25) is 0 Å². The monoisotopic (exact) mass is 549 g/mol. The predicted molar refractivity (Wildman–Crippen MR) is 141 cm³/mol. The van der Waals surface area contributed by atoms with Gasteiger partial charge in [-0.3, -0.25) is 24.6 Å². The molecule has 1 N–H and O–H groups in total. The normalized spacial score (nSPS) is 25.6. The minimum absolute atomic E-state index is 0.114. The highest BCUT2D eigenvalue weighted by molar-refractivity contribution is 6.13. The summed E-state index contributed by atoms with van der Waals surface area (Å²) in [6.07, 6.45) is -2.62. The fraction of sp³-hybridized carbons (Fsp3) is 0.333. The molecule has 0 radical (unpaired) electrons. The number of rotatable bonds is 5. The lowest BCUT2D eigenvalue weighted by atomic mass is 9.68. The van der Waals surface area contributed by atoms with Crippen molar-refractivity contribution in [3.63, 3.8) is 0 Å². The van der Waals surface area contributed by atoms with Crippen molar-refractivity contribution in [1.82, 2.24) is 4.90 Å². The number of Topliss-reactive ketones (excluding diaryl/α,β-unsaturated/α-hetero) is 1. The van der Waals surface area contributed by atoms with Crippen molar-refractivity contribution in [3.8, 4) is 0 Å². The zero-order chi connectivity index (χ0) is 28.4. The molecule has 0 aromatic heterocycles. The number of para-hydroxylation sites is 1. The van der Waals surface area contributed by atoms with Gasteiger partial charge in [-0.05, 0) is 43.0 Å². The Balaban J connectivity index is 1.60. The quantitative estimate of drug-likeness (QED) is 0.236. The molecule has 1 amide bonds. The zero-order valence-corrected chi connectivity index (χ0v) is 21.6. The first kappa shape index (κ1) is 26.2. The van der Waals surface area contributed by atoms with Crippen molar-refractivity contribution >= 4 is 23.1 Å². The largest absolute Gasteiger partial charge is 0.418 e. The molecule has 3 aromatic rings. The van der Waals surface area contributed by atoms with E-state index in [0.29, 0.717) is 30.5 Å². The molecule has 3 aliphatic heterocycles. The lowest BCUT2D eigenvalue weighted by Crippen LogP contribution is -2.52. The van der Waals surface area contributed by atoms with E-state index in [2.05, 4.69) is 5.32 Å². The molecule has 3 unspecified atom stereocenters. The Morgan fingerprint density at radius 1 is 1.10 bits per heavy atom. The maximum absolute atomic E-state index is 14.5. The summed E-state index contributed by atoms with van der Waals surface area (Å²) in [5.41, 5.74) is -0.880. The van der Waals surface area contributed by atoms with E-state index < -0.39 is 39.9 Å². The van der Waals surface area contributed by atoms with Gasteiger partial charge in [-0.15, -0.1) is 0 Å². The fourth-order valence-electron chi connectivity index (χ4n) is 7.10. The molecule has 6 rings (SSSR count). The number of aryl methyl sites for hydroxylation is 1. The SMILES string of the molecule is CCc1ccc(C(=O)C2C(c3ccc([N+](=O)[O-])cc3)C3CCCN3[C@@]23C(=O)Nc2c(C(F)(F)F)cccc23)cc1. The Hall–Kier alpha value is -4.05. The van der Waals surface area contributed by atoms with Crippen molar-refractivity contribution in [2.75, 3.05) is 11.9 Å². The first-order valence-electron chi connectivity index (χ1n) is 13.3. The summed E-state index contributed by atoms with van der Waals surface area (Å²) >= 11 is 0. The molecule has 2 fully saturated rings. The summed E-state index contributed by atoms with van der Waals surface area (Å²) in [5, 5.41) is 13.8. The lowest BCUT2D eigenvalue weighted by molar-refractivity contribution is -0.384. The van der Waals surface area contributed by atoms with E-state index in [-0.39, 0.29) is 28.8 Å². The van der Waals surface area contributed by atoms with Crippen LogP contribution in [0.25, 0.3) is 0 Å². The zero-order valence-electron chi connectivity index (χ0n) is 21.6. The third-order valence-corrected chi connectivity index (χ3v) is 8.76. The van der Waals surface area contributed by atoms with Gasteiger partial charge in [-0.1, -0.05) is 55.5 Å². The van der Waals surface area contributed by atoms with Gasteiger partial charge < -0.3 is 5.32 Å². The number of alkyl halides is 3. The number of amides is 1. The van der Waals surface area contributed by atoms with Crippen molar-refractivity contribution in [2.24, 2.45) is 5.92 Å². The third kappa shape index (κ3) is 3.69. The van der Waals surface area contributed by atoms with Crippen LogP contribution < -0.4 is 5.32 Å². The molecule has 3 heterocycles. The van der Waals surface area contributed by atoms with Gasteiger partial charge in [0.15, 0.2) is 5.78 Å². The molecule has 0 saturated carbocycles. The molecule has 206 valence electrons. The van der Waals surface area contributed by atoms with Crippen LogP contribution >= 0.6 is 0 Å². The Kier molecular flexibility index (Phi) is 6.06. The number of non-ortho nitro benzene ring substituents is 1. The number of carbonyl (C=O) groups excluding carboxylic acids is 2. The number of carbonyl (C=O) groups is 2. The average Bonchev–Trinajstić information content (AvgIpc) is 3.60. The summed E-state index contributed by atoms with van der Waals surface area (Å²) in [4.78, 5) is 41.3. The number of hydrogen-bond donors (Lipinski definition) is 1. The van der Waals surface area contributed by atoms with Gasteiger partial charge in [0.05, 0.1) is 22.1 Å². The number of anilines is 1. The van der Waals surface area contributed by atoms with Gasteiger partial charge in [0.2, 0.25) is 5.91 Å². The second-order valence-electron chi connectivity index (χ2n) is 10.6. The van der Waals surface area contributed by atoms with Crippen molar-refractivity contribution in [3.05, 3.63) is 105 Å². The van der Waals surface area contributed by atoms with Gasteiger partial charge in [0, 0.05) is 35.2 Å². The van der Waals surface area contributed by atoms with Crippen molar-refractivity contribution in [1.29, 1.82) is 0 Å². The van der Waals surface area contributed by atoms with E-state index >= 15 is 0 Å². The number of hydrogen-bond acceptors (Lipinski definition) is 5. The number of ketones is 1. The Labute approximate surface area is 228 Å². The van der Waals surface area contributed by atoms with Gasteiger partial charge >= 0.3 is 6.18 Å². The summed E-state index contributed by atoms with van der Waals surface area (Å²) in [5.74, 6) is -2.63. The number of nitro groups is 1. The topological polar surface area (TPSA) is 92.5 Å². The minimum Gasteiger partial charge on any atom is -0.323 e. The van der Waals surface area contributed by atoms with Gasteiger partial charge in [0.1, 0.15) is 5.54 Å². The molecule has 4 atom stereocenters. The maximum atomic E-state index is 14.5. The number of nitrogens with one attached hydrogen (secondary N) is 1. The molecule has 10 heteroatoms. The number of benzene rings is 3. The van der Waals surface area contributed by atoms with Crippen LogP contribution in [-0.4, -0.2) is 34.1 Å². The van der Waals surface area contributed by atoms with Crippen LogP contribution in [0.15, 0.2) is 66.7 Å². The first-order chi connectivity index (χ1) is 19.1. The van der Waals surface area contributed by atoms with Gasteiger partial charge in [-0.2, -0.15) is 13.2 Å². The first-order valence-corrected chi connectivity index (χ1v) is 13.3. The van der Waals surface area contributed by atoms with Crippen molar-refractivity contribution in [2.45, 2.75) is 49.9 Å². The number of fused-ring (bicyclic) bond motifs is 4. The van der Waals surface area contributed by atoms with E-state index in [1.54, 1.807) is 24.3 Å². The highest BCUT2D eigenvalue weighted by Crippen LogP contribution is 2.62. The van der Waals surface area contributed by atoms with E-state index in [0.717, 1.165) is 18.1 Å². The summed E-state index contributed by atoms with van der Waals surface area (Å²) in [6.45, 7) is 2.41. The van der Waals surface area contributed by atoms with Crippen LogP contribution in [0.1, 0.15) is 58.3 Å². The van der Waals surface area contributed by atoms with E-state index in [4.69, 9.17) is 0 Å². The number of halogens is 3. The summed E-state index contributed by atoms with van der Waals surface area (Å²) < 4.78 is 42.2. The predicted octanol–water partition coefficient (Wildman–Crippen LogP) is 6.08. The van der Waals surface area contributed by atoms with Gasteiger partial charge in [0.25, 0.3) is 5.69 Å². The number of nitro benzene ring substituents is 1. The second kappa shape index (κ2) is 9.26. The molecule has 40 heavy (non-hydrogen) atoms. The Morgan fingerprint density at radius 3 is 2.42 bits per heavy atom. The highest BCUT2D eigenvalue weighted by atomic mass is 19.4. The molecule has 3 aromatic carbocycles. The maximum Gasteiger partial charge on any atom is 0.418 e. The molecule has 1 spiro atoms. The molecular weight excluding hydrogens is 523 g/mol. The molecule has 0 aliphatic carbocycles. The number of nitrogens with zero attached hydrogens (tertiary/aromatic N) is 2. The summed E-state index contributed by atoms with van der Waals surface area (Å²) in [7, 11) is 0. The van der Waals surface area contributed by atoms with Gasteiger partial charge in [-0.25, -0.2) is 0 Å². The van der Waals surface area contributed by atoms with Crippen LogP contribution in [0.5, 0.6) is 0 Å². The second-order valence-corrected chi connectivity index (χ2v) is 10.6. The van der Waals surface area contributed by atoms with E-state index in [9.17, 15) is 32.9 Å². The Morgan fingerprint density at radius 2 is 1.80 bits per heavy atom. The molecule has 7 nitrogen and oxygen atoms in total. The summed E-state index contributed by atoms with van der Waals surface area (Å²) in [6, 6.07) is 16.4. The smallest absolute Gasteiger partial charge is 0.323 e. The van der Waals surface area contributed by atoms with Crippen LogP contribution in [0, 0.1) is 16.0 Å². The van der Waals surface area contributed by atoms with Crippen molar-refractivity contribution < 1.29 is 27.7 Å². The average molecular weight is 550 g/mol. The highest BCUT2D eigenvalue weighted by Gasteiger charge is 2.69. The van der Waals surface area contributed by atoms with Crippen LogP contribution in [0.4, 0.5) is 24.5 Å². The van der Waals surface area contributed by atoms with E-state index in [1.165, 1.54) is 24.3 Å².